The zero-order valence-corrected chi connectivity index (χ0v) is 33.5. The summed E-state index contributed by atoms with van der Waals surface area (Å²) in [5.41, 5.74) is 6.62. The van der Waals surface area contributed by atoms with Gasteiger partial charge in [0.25, 0.3) is 0 Å². The van der Waals surface area contributed by atoms with Crippen LogP contribution in [-0.4, -0.2) is 41.0 Å². The van der Waals surface area contributed by atoms with E-state index in [0.29, 0.717) is 38.8 Å². The molecule has 0 bridgehead atoms. The molecule has 10 heteroatoms. The molecule has 2 aromatic heterocycles. The molecule has 58 heavy (non-hydrogen) atoms. The van der Waals surface area contributed by atoms with Gasteiger partial charge in [0.1, 0.15) is 0 Å². The maximum absolute atomic E-state index is 11.7. The van der Waals surface area contributed by atoms with E-state index < -0.39 is 15.2 Å². The molecule has 0 unspecified atom stereocenters. The van der Waals surface area contributed by atoms with Crippen molar-refractivity contribution in [2.24, 2.45) is 0 Å². The van der Waals surface area contributed by atoms with Gasteiger partial charge in [0, 0.05) is 69.0 Å². The van der Waals surface area contributed by atoms with Crippen molar-refractivity contribution in [3.8, 4) is 11.1 Å². The van der Waals surface area contributed by atoms with Gasteiger partial charge in [-0.05, 0) is 104 Å². The van der Waals surface area contributed by atoms with E-state index in [2.05, 4.69) is 143 Å². The highest BCUT2D eigenvalue weighted by Gasteiger charge is 2.23. The Kier molecular flexibility index (Phi) is 9.07. The second kappa shape index (κ2) is 14.2. The Hall–Kier alpha value is -5.30. The minimum Gasteiger partial charge on any atom is -0.340 e. The number of benzene rings is 8. The van der Waals surface area contributed by atoms with Crippen LogP contribution in [0.25, 0.3) is 97.8 Å². The van der Waals surface area contributed by atoms with E-state index in [0.717, 1.165) is 87.1 Å². The largest absolute Gasteiger partial charge is 0.340 e. The van der Waals surface area contributed by atoms with E-state index in [4.69, 9.17) is 0 Å². The zero-order valence-electron chi connectivity index (χ0n) is 31.8. The van der Waals surface area contributed by atoms with Crippen LogP contribution in [-0.2, 0) is 22.2 Å². The molecule has 0 spiro atoms. The normalized spacial score (nSPS) is 12.8. The third-order valence-electron chi connectivity index (χ3n) is 12.0. The third kappa shape index (κ3) is 6.33. The monoisotopic (exact) mass is 804 g/mol. The predicted octanol–water partition coefficient (Wildman–Crippen LogP) is 12.1. The summed E-state index contributed by atoms with van der Waals surface area (Å²) in [6.07, 6.45) is 1.86. The second-order valence-corrected chi connectivity index (χ2v) is 19.1. The summed E-state index contributed by atoms with van der Waals surface area (Å²) in [5, 5.41) is 13.9. The molecule has 10 aromatic rings. The van der Waals surface area contributed by atoms with Crippen molar-refractivity contribution in [2.45, 2.75) is 38.8 Å². The summed E-state index contributed by atoms with van der Waals surface area (Å²) in [7, 11) is -8.19. The van der Waals surface area contributed by atoms with Crippen molar-refractivity contribution < 1.29 is 28.7 Å². The van der Waals surface area contributed by atoms with Crippen LogP contribution in [0, 0.1) is 0 Å². The Morgan fingerprint density at radius 3 is 1.14 bits per heavy atom. The van der Waals surface area contributed by atoms with Gasteiger partial charge < -0.3 is 28.7 Å². The molecule has 0 aliphatic rings. The van der Waals surface area contributed by atoms with Crippen molar-refractivity contribution in [3.63, 3.8) is 0 Å². The van der Waals surface area contributed by atoms with Gasteiger partial charge in [-0.1, -0.05) is 109 Å². The van der Waals surface area contributed by atoms with E-state index >= 15 is 0 Å². The summed E-state index contributed by atoms with van der Waals surface area (Å²) in [5.74, 6) is 0. The minimum atomic E-state index is -4.09. The van der Waals surface area contributed by atoms with E-state index in [-0.39, 0.29) is 12.3 Å². The van der Waals surface area contributed by atoms with Crippen LogP contribution in [0.3, 0.4) is 0 Å². The fourth-order valence-corrected chi connectivity index (χ4v) is 10.8. The molecule has 0 amide bonds. The van der Waals surface area contributed by atoms with Gasteiger partial charge >= 0.3 is 15.2 Å². The molecule has 0 radical (unpaired) electrons. The highest BCUT2D eigenvalue weighted by molar-refractivity contribution is 7.52. The quantitative estimate of drug-likeness (QED) is 0.0762. The second-order valence-electron chi connectivity index (χ2n) is 15.6. The SMILES string of the molecule is O=P(O)(O)CCCCn1c2ccc3ccccc3c2c2c3c(-c4cccc5ccc6c(c45)c4c5ccccc5ccc4n6CCCCP(=O)(O)O)cccc3ccc21. The van der Waals surface area contributed by atoms with Crippen molar-refractivity contribution in [3.05, 3.63) is 133 Å². The van der Waals surface area contributed by atoms with Crippen LogP contribution in [0.1, 0.15) is 25.7 Å². The number of fused-ring (bicyclic) bond motifs is 14. The molecular formula is C48H42N2O6P2. The minimum absolute atomic E-state index is 0.130. The fraction of sp³-hybridized carbons (Fsp3) is 0.167. The Labute approximate surface area is 334 Å². The summed E-state index contributed by atoms with van der Waals surface area (Å²) >= 11 is 0. The lowest BCUT2D eigenvalue weighted by molar-refractivity contribution is 0.368. The Morgan fingerprint density at radius 1 is 0.362 bits per heavy atom. The van der Waals surface area contributed by atoms with Crippen molar-refractivity contribution in [2.75, 3.05) is 12.3 Å². The lowest BCUT2D eigenvalue weighted by Crippen LogP contribution is -1.99. The molecule has 8 aromatic carbocycles. The van der Waals surface area contributed by atoms with E-state index in [1.807, 2.05) is 0 Å². The van der Waals surface area contributed by atoms with Gasteiger partial charge in [0.2, 0.25) is 0 Å². The van der Waals surface area contributed by atoms with Crippen LogP contribution in [0.15, 0.2) is 133 Å². The molecule has 4 N–H and O–H groups in total. The van der Waals surface area contributed by atoms with E-state index in [1.54, 1.807) is 0 Å². The van der Waals surface area contributed by atoms with E-state index in [1.165, 1.54) is 10.8 Å². The van der Waals surface area contributed by atoms with Crippen LogP contribution in [0.2, 0.25) is 0 Å². The first-order valence-electron chi connectivity index (χ1n) is 19.9. The van der Waals surface area contributed by atoms with Crippen molar-refractivity contribution in [1.29, 1.82) is 0 Å². The zero-order chi connectivity index (χ0) is 39.8. The van der Waals surface area contributed by atoms with Crippen LogP contribution < -0.4 is 0 Å². The van der Waals surface area contributed by atoms with Gasteiger partial charge in [-0.3, -0.25) is 9.13 Å². The van der Waals surface area contributed by atoms with Crippen LogP contribution >= 0.6 is 15.2 Å². The maximum atomic E-state index is 11.7. The lowest BCUT2D eigenvalue weighted by Gasteiger charge is -2.14. The van der Waals surface area contributed by atoms with Gasteiger partial charge in [0.05, 0.1) is 0 Å². The highest BCUT2D eigenvalue weighted by atomic mass is 31.2. The number of unbranched alkanes of at least 4 members (excludes halogenated alkanes) is 2. The van der Waals surface area contributed by atoms with Crippen molar-refractivity contribution >= 4 is 102 Å². The molecule has 0 saturated heterocycles. The van der Waals surface area contributed by atoms with Gasteiger partial charge in [-0.25, -0.2) is 0 Å². The molecule has 0 aliphatic heterocycles. The fourth-order valence-electron chi connectivity index (χ4n) is 9.55. The molecule has 0 saturated carbocycles. The number of hydrogen-bond acceptors (Lipinski definition) is 2. The Morgan fingerprint density at radius 2 is 0.724 bits per heavy atom. The summed E-state index contributed by atoms with van der Waals surface area (Å²) in [4.78, 5) is 38.4. The first kappa shape index (κ1) is 37.0. The van der Waals surface area contributed by atoms with Gasteiger partial charge in [0.15, 0.2) is 0 Å². The number of hydrogen-bond donors (Lipinski definition) is 4. The number of aromatic nitrogens is 2. The molecule has 0 atom stereocenters. The first-order valence-corrected chi connectivity index (χ1v) is 23.5. The molecule has 290 valence electrons. The highest BCUT2D eigenvalue weighted by Crippen LogP contribution is 2.47. The molecule has 0 fully saturated rings. The number of aryl methyl sites for hydroxylation is 2. The summed E-state index contributed by atoms with van der Waals surface area (Å²) in [6.45, 7) is 1.25. The molecule has 8 nitrogen and oxygen atoms in total. The van der Waals surface area contributed by atoms with Gasteiger partial charge in [-0.15, -0.1) is 0 Å². The number of rotatable bonds is 11. The smallest absolute Gasteiger partial charge is 0.325 e. The summed E-state index contributed by atoms with van der Waals surface area (Å²) in [6, 6.07) is 47.6. The standard InChI is InChI=1S/C48H42N2O6P2/c51-57(52,53)29-7-5-27-49-39-23-19-31-11-1-3-15-35(31)45(39)47-41(49)25-21-33-13-9-17-37(43(33)47)38-18-10-14-34-22-26-42-48(44(34)38)46-36-16-4-2-12-32(36)20-24-40(46)50(42)28-6-8-30-58(54,55)56/h1-4,9-26H,5-8,27-30H2,(H2,51,52,53)(H2,54,55,56). The topological polar surface area (TPSA) is 125 Å². The first-order chi connectivity index (χ1) is 28.1. The van der Waals surface area contributed by atoms with Gasteiger partial charge in [-0.2, -0.15) is 0 Å². The molecule has 2 heterocycles. The molecular weight excluding hydrogens is 762 g/mol. The average Bonchev–Trinajstić information content (AvgIpc) is 3.72. The predicted molar refractivity (Wildman–Crippen MR) is 240 cm³/mol. The number of nitrogens with zero attached hydrogens (tertiary/aromatic N) is 2. The average molecular weight is 805 g/mol. The van der Waals surface area contributed by atoms with Crippen molar-refractivity contribution in [1.82, 2.24) is 9.13 Å². The molecule has 10 rings (SSSR count). The maximum Gasteiger partial charge on any atom is 0.325 e. The summed E-state index contributed by atoms with van der Waals surface area (Å²) < 4.78 is 28.2. The van der Waals surface area contributed by atoms with Crippen LogP contribution in [0.5, 0.6) is 0 Å². The lowest BCUT2D eigenvalue weighted by atomic mass is 9.89. The molecule has 0 aliphatic carbocycles. The van der Waals surface area contributed by atoms with Crippen LogP contribution in [0.4, 0.5) is 0 Å². The Balaban J connectivity index is 1.28. The third-order valence-corrected chi connectivity index (χ3v) is 13.8. The Bertz CT molecular complexity index is 3150. The van der Waals surface area contributed by atoms with E-state index in [9.17, 15) is 28.7 Å².